The Hall–Kier alpha value is 1.40. The molecule has 1 saturated carbocycles. The molecule has 2 heterocycles. The molecule has 92 valence electrons. The maximum Gasteiger partial charge on any atom is 0.0229 e. The molecule has 0 N–H and O–H groups in total. The lowest BCUT2D eigenvalue weighted by molar-refractivity contribution is 0.528. The standard InChI is InChI=1S/C12H20S4/c1-2-10(14-6-12-8-16-12)4-3-9(1)13-5-11-7-15-11/h9-12H,1-8H2. The molecule has 3 rings (SSSR count). The van der Waals surface area contributed by atoms with Gasteiger partial charge in [-0.15, -0.1) is 0 Å². The maximum absolute atomic E-state index is 2.27. The Kier molecular flexibility index (Phi) is 4.69. The zero-order valence-electron chi connectivity index (χ0n) is 9.60. The molecule has 0 aromatic heterocycles. The van der Waals surface area contributed by atoms with Crippen LogP contribution in [0.2, 0.25) is 0 Å². The molecule has 0 amide bonds. The van der Waals surface area contributed by atoms with E-state index in [0.717, 1.165) is 21.0 Å². The molecular formula is C12H20S4. The highest BCUT2D eigenvalue weighted by molar-refractivity contribution is 8.09. The summed E-state index contributed by atoms with van der Waals surface area (Å²) in [6.07, 6.45) is 5.99. The summed E-state index contributed by atoms with van der Waals surface area (Å²) in [6.45, 7) is 0. The SMILES string of the molecule is C1CC(SCC2CS2)CCC1SCC1CS1. The van der Waals surface area contributed by atoms with Crippen LogP contribution in [0, 0.1) is 0 Å². The Labute approximate surface area is 116 Å². The van der Waals surface area contributed by atoms with Crippen molar-refractivity contribution in [1.29, 1.82) is 0 Å². The molecular weight excluding hydrogens is 272 g/mol. The highest BCUT2D eigenvalue weighted by Gasteiger charge is 2.28. The quantitative estimate of drug-likeness (QED) is 0.678. The molecule has 0 bridgehead atoms. The van der Waals surface area contributed by atoms with Gasteiger partial charge in [-0.2, -0.15) is 47.0 Å². The lowest BCUT2D eigenvalue weighted by Crippen LogP contribution is -2.19. The molecule has 3 fully saturated rings. The first kappa shape index (κ1) is 12.4. The summed E-state index contributed by atoms with van der Waals surface area (Å²) in [5, 5.41) is 4.08. The summed E-state index contributed by atoms with van der Waals surface area (Å²) in [5.41, 5.74) is 0. The Bertz CT molecular complexity index is 193. The molecule has 1 aliphatic carbocycles. The van der Waals surface area contributed by atoms with Gasteiger partial charge in [-0.25, -0.2) is 0 Å². The van der Waals surface area contributed by atoms with Gasteiger partial charge in [0.2, 0.25) is 0 Å². The van der Waals surface area contributed by atoms with Gasteiger partial charge in [-0.05, 0) is 25.7 Å². The molecule has 3 aliphatic rings. The van der Waals surface area contributed by atoms with E-state index >= 15 is 0 Å². The van der Waals surface area contributed by atoms with Gasteiger partial charge in [0.25, 0.3) is 0 Å². The normalized spacial score (nSPS) is 42.0. The van der Waals surface area contributed by atoms with Crippen molar-refractivity contribution in [3.05, 3.63) is 0 Å². The minimum absolute atomic E-state index is 1.01. The Morgan fingerprint density at radius 3 is 1.44 bits per heavy atom. The fourth-order valence-electron chi connectivity index (χ4n) is 2.18. The fraction of sp³-hybridized carbons (Fsp3) is 1.00. The number of rotatable bonds is 6. The van der Waals surface area contributed by atoms with Crippen molar-refractivity contribution in [3.63, 3.8) is 0 Å². The zero-order chi connectivity index (χ0) is 10.8. The van der Waals surface area contributed by atoms with Crippen LogP contribution >= 0.6 is 47.0 Å². The van der Waals surface area contributed by atoms with E-state index in [9.17, 15) is 0 Å². The number of thioether (sulfide) groups is 4. The van der Waals surface area contributed by atoms with Crippen LogP contribution in [-0.2, 0) is 0 Å². The van der Waals surface area contributed by atoms with Crippen molar-refractivity contribution < 1.29 is 0 Å². The molecule has 2 unspecified atom stereocenters. The lowest BCUT2D eigenvalue weighted by atomic mass is 10.00. The highest BCUT2D eigenvalue weighted by Crippen LogP contribution is 2.41. The average molecular weight is 293 g/mol. The van der Waals surface area contributed by atoms with E-state index in [1.54, 1.807) is 0 Å². The minimum Gasteiger partial charge on any atom is -0.157 e. The van der Waals surface area contributed by atoms with E-state index in [0.29, 0.717) is 0 Å². The van der Waals surface area contributed by atoms with Crippen LogP contribution in [0.25, 0.3) is 0 Å². The Morgan fingerprint density at radius 2 is 1.12 bits per heavy atom. The van der Waals surface area contributed by atoms with Crippen molar-refractivity contribution in [2.45, 2.75) is 46.7 Å². The van der Waals surface area contributed by atoms with Crippen molar-refractivity contribution in [2.75, 3.05) is 23.0 Å². The first-order valence-electron chi connectivity index (χ1n) is 6.36. The van der Waals surface area contributed by atoms with Gasteiger partial charge in [-0.3, -0.25) is 0 Å². The first-order chi connectivity index (χ1) is 7.90. The molecule has 2 aliphatic heterocycles. The summed E-state index contributed by atoms with van der Waals surface area (Å²) in [6, 6.07) is 0. The highest BCUT2D eigenvalue weighted by atomic mass is 32.2. The smallest absolute Gasteiger partial charge is 0.0229 e. The Balaban J connectivity index is 1.28. The summed E-state index contributed by atoms with van der Waals surface area (Å²) in [4.78, 5) is 0. The number of hydrogen-bond donors (Lipinski definition) is 0. The van der Waals surface area contributed by atoms with Crippen LogP contribution in [0.15, 0.2) is 0 Å². The number of hydrogen-bond acceptors (Lipinski definition) is 4. The summed E-state index contributed by atoms with van der Waals surface area (Å²) in [7, 11) is 0. The molecule has 0 radical (unpaired) electrons. The summed E-state index contributed by atoms with van der Waals surface area (Å²) < 4.78 is 0. The lowest BCUT2D eigenvalue weighted by Gasteiger charge is -2.27. The third-order valence-corrected chi connectivity index (χ3v) is 8.90. The van der Waals surface area contributed by atoms with Crippen molar-refractivity contribution in [2.24, 2.45) is 0 Å². The van der Waals surface area contributed by atoms with Gasteiger partial charge in [-0.1, -0.05) is 0 Å². The first-order valence-corrected chi connectivity index (χ1v) is 10.6. The predicted octanol–water partition coefficient (Wildman–Crippen LogP) is 3.99. The van der Waals surface area contributed by atoms with Gasteiger partial charge < -0.3 is 0 Å². The molecule has 0 aromatic carbocycles. The van der Waals surface area contributed by atoms with E-state index in [1.807, 2.05) is 0 Å². The third-order valence-electron chi connectivity index (χ3n) is 3.46. The van der Waals surface area contributed by atoms with Crippen molar-refractivity contribution in [1.82, 2.24) is 0 Å². The van der Waals surface area contributed by atoms with E-state index < -0.39 is 0 Å². The molecule has 2 saturated heterocycles. The third kappa shape index (κ3) is 4.25. The van der Waals surface area contributed by atoms with Gasteiger partial charge in [0, 0.05) is 44.0 Å². The van der Waals surface area contributed by atoms with E-state index in [1.165, 1.54) is 48.7 Å². The Morgan fingerprint density at radius 1 is 0.750 bits per heavy atom. The van der Waals surface area contributed by atoms with Crippen LogP contribution in [0.4, 0.5) is 0 Å². The van der Waals surface area contributed by atoms with Crippen LogP contribution in [0.3, 0.4) is 0 Å². The van der Waals surface area contributed by atoms with Crippen LogP contribution in [0.1, 0.15) is 25.7 Å². The van der Waals surface area contributed by atoms with Crippen LogP contribution in [0.5, 0.6) is 0 Å². The van der Waals surface area contributed by atoms with Gasteiger partial charge in [0.1, 0.15) is 0 Å². The topological polar surface area (TPSA) is 0 Å². The molecule has 0 spiro atoms. The van der Waals surface area contributed by atoms with Gasteiger partial charge >= 0.3 is 0 Å². The zero-order valence-corrected chi connectivity index (χ0v) is 12.9. The molecule has 0 aromatic rings. The van der Waals surface area contributed by atoms with Crippen LogP contribution in [-0.4, -0.2) is 44.0 Å². The summed E-state index contributed by atoms with van der Waals surface area (Å²) >= 11 is 8.84. The average Bonchev–Trinajstić information content (AvgIpc) is 3.17. The van der Waals surface area contributed by atoms with Crippen molar-refractivity contribution in [3.8, 4) is 0 Å². The second-order valence-electron chi connectivity index (χ2n) is 4.98. The second-order valence-corrected chi connectivity index (χ2v) is 10.3. The minimum atomic E-state index is 1.01. The van der Waals surface area contributed by atoms with Gasteiger partial charge in [0.05, 0.1) is 0 Å². The maximum atomic E-state index is 2.27. The van der Waals surface area contributed by atoms with E-state index in [4.69, 9.17) is 0 Å². The van der Waals surface area contributed by atoms with Crippen LogP contribution < -0.4 is 0 Å². The molecule has 4 heteroatoms. The summed E-state index contributed by atoms with van der Waals surface area (Å²) in [5.74, 6) is 5.76. The molecule has 2 atom stereocenters. The molecule has 16 heavy (non-hydrogen) atoms. The molecule has 0 nitrogen and oxygen atoms in total. The van der Waals surface area contributed by atoms with E-state index in [2.05, 4.69) is 47.0 Å². The van der Waals surface area contributed by atoms with Crippen molar-refractivity contribution >= 4 is 47.0 Å². The van der Waals surface area contributed by atoms with Gasteiger partial charge in [0.15, 0.2) is 0 Å². The second kappa shape index (κ2) is 6.03. The predicted molar refractivity (Wildman–Crippen MR) is 83.5 cm³/mol. The fourth-order valence-corrected chi connectivity index (χ4v) is 6.65. The van der Waals surface area contributed by atoms with E-state index in [-0.39, 0.29) is 0 Å². The largest absolute Gasteiger partial charge is 0.157 e. The monoisotopic (exact) mass is 292 g/mol.